The van der Waals surface area contributed by atoms with E-state index in [1.54, 1.807) is 11.3 Å². The standard InChI is InChI=1S/C13H13BrINS/c1-7-4-3-5-9(11(7)15)12(16)10-6-8(2)13(14)17-10/h3-6,12H,16H2,1-2H3. The molecule has 0 bridgehead atoms. The topological polar surface area (TPSA) is 26.0 Å². The Morgan fingerprint density at radius 2 is 2.00 bits per heavy atom. The molecule has 2 N–H and O–H groups in total. The second kappa shape index (κ2) is 5.38. The van der Waals surface area contributed by atoms with Crippen LogP contribution in [0.15, 0.2) is 28.1 Å². The third-order valence-electron chi connectivity index (χ3n) is 2.74. The quantitative estimate of drug-likeness (QED) is 0.693. The fourth-order valence-electron chi connectivity index (χ4n) is 1.70. The maximum Gasteiger partial charge on any atom is 0.0731 e. The molecular weight excluding hydrogens is 409 g/mol. The van der Waals surface area contributed by atoms with Crippen LogP contribution >= 0.6 is 49.9 Å². The molecule has 17 heavy (non-hydrogen) atoms. The average molecular weight is 422 g/mol. The van der Waals surface area contributed by atoms with Crippen LogP contribution in [0.1, 0.15) is 27.6 Å². The first-order chi connectivity index (χ1) is 8.00. The Hall–Kier alpha value is 0.0900. The third-order valence-corrected chi connectivity index (χ3v) is 6.43. The fourth-order valence-corrected chi connectivity index (χ4v) is 3.99. The number of hydrogen-bond acceptors (Lipinski definition) is 2. The molecule has 0 amide bonds. The van der Waals surface area contributed by atoms with Gasteiger partial charge in [-0.25, -0.2) is 0 Å². The zero-order valence-electron chi connectivity index (χ0n) is 9.63. The van der Waals surface area contributed by atoms with Crippen molar-refractivity contribution in [2.24, 2.45) is 5.73 Å². The van der Waals surface area contributed by atoms with Gasteiger partial charge in [0.25, 0.3) is 0 Å². The molecule has 0 aliphatic rings. The van der Waals surface area contributed by atoms with Crippen LogP contribution in [-0.2, 0) is 0 Å². The Bertz CT molecular complexity index is 531. The number of hydrogen-bond donors (Lipinski definition) is 1. The molecular formula is C13H13BrINS. The molecule has 2 rings (SSSR count). The van der Waals surface area contributed by atoms with Crippen molar-refractivity contribution < 1.29 is 0 Å². The summed E-state index contributed by atoms with van der Waals surface area (Å²) in [6.07, 6.45) is 0. The van der Waals surface area contributed by atoms with E-state index in [4.69, 9.17) is 5.73 Å². The highest BCUT2D eigenvalue weighted by molar-refractivity contribution is 14.1. The maximum absolute atomic E-state index is 6.35. The van der Waals surface area contributed by atoms with E-state index in [0.29, 0.717) is 0 Å². The van der Waals surface area contributed by atoms with Gasteiger partial charge in [0.05, 0.1) is 9.83 Å². The first-order valence-corrected chi connectivity index (χ1v) is 7.96. The Morgan fingerprint density at radius 1 is 1.29 bits per heavy atom. The van der Waals surface area contributed by atoms with Crippen molar-refractivity contribution >= 4 is 49.9 Å². The second-order valence-electron chi connectivity index (χ2n) is 4.06. The number of benzene rings is 1. The van der Waals surface area contributed by atoms with E-state index in [1.807, 2.05) is 0 Å². The van der Waals surface area contributed by atoms with E-state index in [1.165, 1.54) is 28.9 Å². The molecule has 2 aromatic rings. The minimum Gasteiger partial charge on any atom is -0.320 e. The van der Waals surface area contributed by atoms with Crippen molar-refractivity contribution in [1.29, 1.82) is 0 Å². The van der Waals surface area contributed by atoms with Gasteiger partial charge in [-0.1, -0.05) is 18.2 Å². The van der Waals surface area contributed by atoms with Crippen LogP contribution in [-0.4, -0.2) is 0 Å². The molecule has 1 nitrogen and oxygen atoms in total. The van der Waals surface area contributed by atoms with Crippen molar-refractivity contribution in [1.82, 2.24) is 0 Å². The van der Waals surface area contributed by atoms with E-state index in [0.717, 1.165) is 0 Å². The summed E-state index contributed by atoms with van der Waals surface area (Å²) in [4.78, 5) is 1.21. The fraction of sp³-hybridized carbons (Fsp3) is 0.231. The second-order valence-corrected chi connectivity index (χ2v) is 7.54. The highest BCUT2D eigenvalue weighted by Crippen LogP contribution is 2.34. The minimum absolute atomic E-state index is 0.0307. The summed E-state index contributed by atoms with van der Waals surface area (Å²) in [6, 6.07) is 8.44. The van der Waals surface area contributed by atoms with Crippen LogP contribution in [0.25, 0.3) is 0 Å². The number of thiophene rings is 1. The van der Waals surface area contributed by atoms with E-state index < -0.39 is 0 Å². The van der Waals surface area contributed by atoms with Gasteiger partial charge < -0.3 is 5.73 Å². The van der Waals surface area contributed by atoms with Gasteiger partial charge in [0.2, 0.25) is 0 Å². The van der Waals surface area contributed by atoms with E-state index >= 15 is 0 Å². The molecule has 0 aliphatic carbocycles. The maximum atomic E-state index is 6.35. The summed E-state index contributed by atoms with van der Waals surface area (Å²) in [6.45, 7) is 4.21. The Morgan fingerprint density at radius 3 is 2.59 bits per heavy atom. The van der Waals surface area contributed by atoms with Crippen LogP contribution in [0, 0.1) is 17.4 Å². The number of halogens is 2. The van der Waals surface area contributed by atoms with Gasteiger partial charge >= 0.3 is 0 Å². The third kappa shape index (κ3) is 2.75. The predicted molar refractivity (Wildman–Crippen MR) is 86.7 cm³/mol. The summed E-state index contributed by atoms with van der Waals surface area (Å²) >= 11 is 7.65. The molecule has 0 saturated carbocycles. The van der Waals surface area contributed by atoms with Crippen molar-refractivity contribution in [3.63, 3.8) is 0 Å². The Kier molecular flexibility index (Phi) is 4.28. The number of rotatable bonds is 2. The van der Waals surface area contributed by atoms with Gasteiger partial charge in [-0.15, -0.1) is 11.3 Å². The van der Waals surface area contributed by atoms with Gasteiger partial charge in [-0.2, -0.15) is 0 Å². The molecule has 0 spiro atoms. The lowest BCUT2D eigenvalue weighted by Gasteiger charge is -2.13. The van der Waals surface area contributed by atoms with Crippen molar-refractivity contribution in [2.45, 2.75) is 19.9 Å². The molecule has 1 unspecified atom stereocenters. The molecule has 90 valence electrons. The Labute approximate surface area is 128 Å². The van der Waals surface area contributed by atoms with E-state index in [-0.39, 0.29) is 6.04 Å². The summed E-state index contributed by atoms with van der Waals surface area (Å²) in [5.74, 6) is 0. The molecule has 1 heterocycles. The molecule has 1 aromatic heterocycles. The van der Waals surface area contributed by atoms with Crippen molar-refractivity contribution in [2.75, 3.05) is 0 Å². The van der Waals surface area contributed by atoms with Crippen molar-refractivity contribution in [3.8, 4) is 0 Å². The molecule has 0 saturated heterocycles. The van der Waals surface area contributed by atoms with E-state index in [9.17, 15) is 0 Å². The molecule has 0 aliphatic heterocycles. The zero-order valence-corrected chi connectivity index (χ0v) is 14.2. The number of aryl methyl sites for hydroxylation is 2. The normalized spacial score (nSPS) is 12.8. The SMILES string of the molecule is Cc1cc(C(N)c2cccc(C)c2I)sc1Br. The van der Waals surface area contributed by atoms with Gasteiger partial charge in [0.1, 0.15) is 0 Å². The van der Waals surface area contributed by atoms with Gasteiger partial charge in [-0.05, 0) is 75.1 Å². The minimum atomic E-state index is -0.0307. The van der Waals surface area contributed by atoms with Crippen LogP contribution in [0.4, 0.5) is 0 Å². The molecule has 1 atom stereocenters. The monoisotopic (exact) mass is 421 g/mol. The summed E-state index contributed by atoms with van der Waals surface area (Å²) < 4.78 is 2.44. The zero-order chi connectivity index (χ0) is 12.6. The summed E-state index contributed by atoms with van der Waals surface area (Å²) in [7, 11) is 0. The molecule has 1 aromatic carbocycles. The van der Waals surface area contributed by atoms with Gasteiger partial charge in [-0.3, -0.25) is 0 Å². The van der Waals surface area contributed by atoms with Crippen molar-refractivity contribution in [3.05, 3.63) is 53.2 Å². The first kappa shape index (κ1) is 13.5. The summed E-state index contributed by atoms with van der Waals surface area (Å²) in [5.41, 5.74) is 10.1. The van der Waals surface area contributed by atoms with E-state index in [2.05, 4.69) is 76.6 Å². The molecule has 4 heteroatoms. The van der Waals surface area contributed by atoms with Gasteiger partial charge in [0, 0.05) is 8.45 Å². The van der Waals surface area contributed by atoms with Crippen LogP contribution in [0.5, 0.6) is 0 Å². The predicted octanol–water partition coefficient (Wildman–Crippen LogP) is 4.78. The summed E-state index contributed by atoms with van der Waals surface area (Å²) in [5, 5.41) is 0. The lowest BCUT2D eigenvalue weighted by atomic mass is 10.0. The molecule has 0 fully saturated rings. The first-order valence-electron chi connectivity index (χ1n) is 5.27. The lowest BCUT2D eigenvalue weighted by molar-refractivity contribution is 0.883. The lowest BCUT2D eigenvalue weighted by Crippen LogP contribution is -2.12. The van der Waals surface area contributed by atoms with Crippen LogP contribution < -0.4 is 5.73 Å². The largest absolute Gasteiger partial charge is 0.320 e. The van der Waals surface area contributed by atoms with Gasteiger partial charge in [0.15, 0.2) is 0 Å². The smallest absolute Gasteiger partial charge is 0.0731 e. The average Bonchev–Trinajstić information content (AvgIpc) is 2.62. The van der Waals surface area contributed by atoms with Crippen LogP contribution in [0.3, 0.4) is 0 Å². The highest BCUT2D eigenvalue weighted by Gasteiger charge is 2.16. The molecule has 0 radical (unpaired) electrons. The highest BCUT2D eigenvalue weighted by atomic mass is 127. The van der Waals surface area contributed by atoms with Crippen LogP contribution in [0.2, 0.25) is 0 Å². The Balaban J connectivity index is 2.43. The number of nitrogens with two attached hydrogens (primary N) is 1.